The van der Waals surface area contributed by atoms with E-state index in [4.69, 9.17) is 4.74 Å². The zero-order valence-corrected chi connectivity index (χ0v) is 24.0. The minimum absolute atomic E-state index is 0.0603. The van der Waals surface area contributed by atoms with Crippen molar-refractivity contribution in [1.82, 2.24) is 9.88 Å². The van der Waals surface area contributed by atoms with Gasteiger partial charge in [0.2, 0.25) is 5.91 Å². The summed E-state index contributed by atoms with van der Waals surface area (Å²) in [5, 5.41) is 16.1. The molecule has 1 aromatic heterocycles. The largest absolute Gasteiger partial charge is 0.486 e. The number of aromatic nitrogens is 1. The minimum atomic E-state index is -1.40. The van der Waals surface area contributed by atoms with Gasteiger partial charge in [0.1, 0.15) is 30.6 Å². The smallest absolute Gasteiger partial charge is 0.305 e. The third-order valence-corrected chi connectivity index (χ3v) is 7.05. The van der Waals surface area contributed by atoms with Gasteiger partial charge in [0.25, 0.3) is 11.5 Å². The highest BCUT2D eigenvalue weighted by Crippen LogP contribution is 2.22. The Balaban J connectivity index is 1.41. The van der Waals surface area contributed by atoms with Gasteiger partial charge in [-0.05, 0) is 46.7 Å². The number of carboxylic acid groups (broad SMARTS) is 1. The summed E-state index contributed by atoms with van der Waals surface area (Å²) in [6, 6.07) is 31.7. The summed E-state index contributed by atoms with van der Waals surface area (Å²) in [7, 11) is 0. The number of pyridine rings is 1. The monoisotopic (exact) mass is 603 g/mol. The summed E-state index contributed by atoms with van der Waals surface area (Å²) in [5.74, 6) is -2.81. The highest BCUT2D eigenvalue weighted by molar-refractivity contribution is 6.12. The van der Waals surface area contributed by atoms with E-state index in [1.54, 1.807) is 78.9 Å². The predicted molar refractivity (Wildman–Crippen MR) is 169 cm³/mol. The summed E-state index contributed by atoms with van der Waals surface area (Å²) in [5.41, 5.74) is 0.663. The summed E-state index contributed by atoms with van der Waals surface area (Å²) < 4.78 is 6.63. The van der Waals surface area contributed by atoms with E-state index in [-0.39, 0.29) is 5.69 Å². The van der Waals surface area contributed by atoms with Crippen LogP contribution < -0.4 is 20.9 Å². The molecular weight excluding hydrogens is 574 g/mol. The van der Waals surface area contributed by atoms with E-state index in [9.17, 15) is 29.1 Å². The van der Waals surface area contributed by atoms with Crippen molar-refractivity contribution in [3.05, 3.63) is 131 Å². The Kier molecular flexibility index (Phi) is 9.44. The lowest BCUT2D eigenvalue weighted by Gasteiger charge is -2.19. The highest BCUT2D eigenvalue weighted by atomic mass is 16.5. The second-order valence-corrected chi connectivity index (χ2v) is 10.2. The Morgan fingerprint density at radius 1 is 0.778 bits per heavy atom. The molecule has 3 N–H and O–H groups in total. The van der Waals surface area contributed by atoms with Crippen LogP contribution in [0.25, 0.3) is 22.0 Å². The van der Waals surface area contributed by atoms with Gasteiger partial charge in [-0.1, -0.05) is 84.9 Å². The number of aliphatic carboxylic acids is 1. The quantitative estimate of drug-likeness (QED) is 0.190. The Bertz CT molecular complexity index is 1920. The molecule has 0 radical (unpaired) electrons. The van der Waals surface area contributed by atoms with Crippen molar-refractivity contribution in [2.45, 2.75) is 19.0 Å². The molecule has 0 bridgehead atoms. The SMILES string of the molecule is O=C(O)C[C@H](NC(=O)Cn1c(-c2ccccc2)ccc(NC(=O)c2cccc3ccccc23)c1=O)C(=O)COc1ccccc1. The maximum atomic E-state index is 13.8. The van der Waals surface area contributed by atoms with Gasteiger partial charge >= 0.3 is 5.97 Å². The number of carboxylic acids is 1. The van der Waals surface area contributed by atoms with Crippen molar-refractivity contribution in [1.29, 1.82) is 0 Å². The number of para-hydroxylation sites is 1. The van der Waals surface area contributed by atoms with Crippen molar-refractivity contribution in [2.75, 3.05) is 11.9 Å². The van der Waals surface area contributed by atoms with E-state index in [0.717, 1.165) is 5.39 Å². The molecule has 0 saturated carbocycles. The zero-order valence-electron chi connectivity index (χ0n) is 24.0. The molecule has 2 amide bonds. The van der Waals surface area contributed by atoms with Gasteiger partial charge in [0.05, 0.1) is 12.1 Å². The fourth-order valence-corrected chi connectivity index (χ4v) is 4.88. The van der Waals surface area contributed by atoms with Crippen LogP contribution in [0.15, 0.2) is 120 Å². The van der Waals surface area contributed by atoms with E-state index in [0.29, 0.717) is 28.0 Å². The summed E-state index contributed by atoms with van der Waals surface area (Å²) >= 11 is 0. The van der Waals surface area contributed by atoms with E-state index in [2.05, 4.69) is 10.6 Å². The molecule has 0 unspecified atom stereocenters. The first-order valence-corrected chi connectivity index (χ1v) is 14.1. The molecule has 1 heterocycles. The molecular formula is C35H29N3O7. The van der Waals surface area contributed by atoms with Crippen molar-refractivity contribution in [3.63, 3.8) is 0 Å². The van der Waals surface area contributed by atoms with Gasteiger partial charge in [-0.3, -0.25) is 28.5 Å². The minimum Gasteiger partial charge on any atom is -0.486 e. The third-order valence-electron chi connectivity index (χ3n) is 7.05. The van der Waals surface area contributed by atoms with Crippen molar-refractivity contribution in [2.24, 2.45) is 0 Å². The third kappa shape index (κ3) is 7.49. The molecule has 1 atom stereocenters. The standard InChI is InChI=1S/C35H29N3O7/c39-31(22-45-25-14-5-2-6-15-25)29(20-33(41)42)36-32(40)21-38-30(24-11-3-1-4-12-24)19-18-28(35(38)44)37-34(43)27-17-9-13-23-10-7-8-16-26(23)27/h1-19,29H,20-22H2,(H,36,40)(H,37,43)(H,41,42)/t29-/m0/s1. The predicted octanol–water partition coefficient (Wildman–Crippen LogP) is 4.53. The average molecular weight is 604 g/mol. The van der Waals surface area contributed by atoms with Crippen LogP contribution in [0.3, 0.4) is 0 Å². The number of nitrogens with zero attached hydrogens (tertiary/aromatic N) is 1. The molecule has 5 rings (SSSR count). The Hall–Kier alpha value is -6.03. The highest BCUT2D eigenvalue weighted by Gasteiger charge is 2.25. The number of Topliss-reactive ketones (excluding diaryl/α,β-unsaturated/α-hetero) is 1. The number of hydrogen-bond acceptors (Lipinski definition) is 6. The number of ketones is 1. The lowest BCUT2D eigenvalue weighted by molar-refractivity contribution is -0.140. The number of amides is 2. The van der Waals surface area contributed by atoms with Gasteiger partial charge in [-0.25, -0.2) is 0 Å². The van der Waals surface area contributed by atoms with Gasteiger partial charge in [0, 0.05) is 5.56 Å². The lowest BCUT2D eigenvalue weighted by atomic mass is 10.0. The number of fused-ring (bicyclic) bond motifs is 1. The molecule has 0 fully saturated rings. The molecule has 0 saturated heterocycles. The molecule has 4 aromatic carbocycles. The molecule has 45 heavy (non-hydrogen) atoms. The van der Waals surface area contributed by atoms with Gasteiger partial charge in [-0.2, -0.15) is 0 Å². The van der Waals surface area contributed by atoms with Crippen LogP contribution in [-0.4, -0.2) is 45.9 Å². The number of anilines is 1. The maximum absolute atomic E-state index is 13.8. The first kappa shape index (κ1) is 30.4. The first-order chi connectivity index (χ1) is 21.8. The van der Waals surface area contributed by atoms with Gasteiger partial charge < -0.3 is 20.5 Å². The molecule has 0 aliphatic carbocycles. The van der Waals surface area contributed by atoms with E-state index < -0.39 is 54.7 Å². The maximum Gasteiger partial charge on any atom is 0.305 e. The van der Waals surface area contributed by atoms with Crippen LogP contribution in [0, 0.1) is 0 Å². The number of nitrogens with one attached hydrogen (secondary N) is 2. The lowest BCUT2D eigenvalue weighted by Crippen LogP contribution is -2.46. The van der Waals surface area contributed by atoms with Crippen molar-refractivity contribution < 1.29 is 29.0 Å². The molecule has 10 nitrogen and oxygen atoms in total. The molecule has 5 aromatic rings. The van der Waals surface area contributed by atoms with Crippen molar-refractivity contribution in [3.8, 4) is 17.0 Å². The molecule has 10 heteroatoms. The second kappa shape index (κ2) is 14.0. The van der Waals surface area contributed by atoms with E-state index >= 15 is 0 Å². The van der Waals surface area contributed by atoms with Crippen molar-refractivity contribution >= 4 is 40.0 Å². The fraction of sp³-hybridized carbons (Fsp3) is 0.114. The van der Waals surface area contributed by atoms with Crippen LogP contribution in [0.1, 0.15) is 16.8 Å². The molecule has 0 spiro atoms. The number of carbonyl (C=O) groups is 4. The Morgan fingerprint density at radius 2 is 1.44 bits per heavy atom. The van der Waals surface area contributed by atoms with E-state index in [1.807, 2.05) is 30.3 Å². The number of benzene rings is 4. The number of hydrogen-bond donors (Lipinski definition) is 3. The number of ether oxygens (including phenoxy) is 1. The van der Waals surface area contributed by atoms with Crippen LogP contribution in [-0.2, 0) is 20.9 Å². The van der Waals surface area contributed by atoms with Gasteiger partial charge in [0.15, 0.2) is 5.78 Å². The summed E-state index contributed by atoms with van der Waals surface area (Å²) in [6.45, 7) is -1.02. The second-order valence-electron chi connectivity index (χ2n) is 10.2. The van der Waals surface area contributed by atoms with Crippen LogP contribution in [0.4, 0.5) is 5.69 Å². The number of rotatable bonds is 12. The molecule has 0 aliphatic heterocycles. The number of carbonyl (C=O) groups excluding carboxylic acids is 3. The molecule has 0 aliphatic rings. The fourth-order valence-electron chi connectivity index (χ4n) is 4.88. The Morgan fingerprint density at radius 3 is 2.18 bits per heavy atom. The zero-order chi connectivity index (χ0) is 31.8. The van der Waals surface area contributed by atoms with Crippen LogP contribution in [0.2, 0.25) is 0 Å². The van der Waals surface area contributed by atoms with E-state index in [1.165, 1.54) is 10.6 Å². The summed E-state index contributed by atoms with van der Waals surface area (Å²) in [4.78, 5) is 64.8. The van der Waals surface area contributed by atoms with Gasteiger partial charge in [-0.15, -0.1) is 0 Å². The van der Waals surface area contributed by atoms with Crippen LogP contribution in [0.5, 0.6) is 5.75 Å². The topological polar surface area (TPSA) is 144 Å². The first-order valence-electron chi connectivity index (χ1n) is 14.1. The average Bonchev–Trinajstić information content (AvgIpc) is 3.05. The molecule has 226 valence electrons. The normalized spacial score (nSPS) is 11.4. The Labute approximate surface area is 257 Å². The van der Waals surface area contributed by atoms with Crippen LogP contribution >= 0.6 is 0 Å². The summed E-state index contributed by atoms with van der Waals surface area (Å²) in [6.07, 6.45) is -0.676.